The summed E-state index contributed by atoms with van der Waals surface area (Å²) in [5, 5.41) is 17.3. The van der Waals surface area contributed by atoms with E-state index in [9.17, 15) is 4.79 Å². The summed E-state index contributed by atoms with van der Waals surface area (Å²) in [7, 11) is 0. The van der Waals surface area contributed by atoms with Crippen molar-refractivity contribution in [3.05, 3.63) is 29.6 Å². The van der Waals surface area contributed by atoms with Gasteiger partial charge in [0, 0.05) is 30.8 Å². The average molecular weight is 283 g/mol. The summed E-state index contributed by atoms with van der Waals surface area (Å²) < 4.78 is 0. The van der Waals surface area contributed by atoms with Crippen LogP contribution in [-0.4, -0.2) is 40.1 Å². The van der Waals surface area contributed by atoms with Crippen LogP contribution >= 0.6 is 0 Å². The van der Waals surface area contributed by atoms with Crippen LogP contribution in [0.5, 0.6) is 0 Å². The van der Waals surface area contributed by atoms with Crippen LogP contribution in [0.4, 0.5) is 0 Å². The van der Waals surface area contributed by atoms with Crippen LogP contribution in [0.2, 0.25) is 0 Å². The molecule has 0 atom stereocenters. The fourth-order valence-corrected chi connectivity index (χ4v) is 1.97. The zero-order chi connectivity index (χ0) is 15.1. The van der Waals surface area contributed by atoms with Gasteiger partial charge in [-0.3, -0.25) is 4.79 Å². The van der Waals surface area contributed by atoms with Crippen molar-refractivity contribution in [3.8, 4) is 17.9 Å². The van der Waals surface area contributed by atoms with Crippen molar-refractivity contribution in [3.63, 3.8) is 0 Å². The van der Waals surface area contributed by atoms with Gasteiger partial charge >= 0.3 is 0 Å². The van der Waals surface area contributed by atoms with Crippen LogP contribution in [0, 0.1) is 23.2 Å². The molecule has 0 unspecified atom stereocenters. The van der Waals surface area contributed by atoms with E-state index in [1.165, 1.54) is 0 Å². The van der Waals surface area contributed by atoms with Crippen molar-refractivity contribution in [1.29, 1.82) is 5.26 Å². The Hall–Kier alpha value is -2.37. The molecule has 108 valence electrons. The van der Waals surface area contributed by atoms with Crippen LogP contribution in [0.25, 0.3) is 0 Å². The van der Waals surface area contributed by atoms with E-state index in [0.29, 0.717) is 25.1 Å². The molecule has 0 bridgehead atoms. The highest BCUT2D eigenvalue weighted by Gasteiger charge is 2.33. The first-order valence-corrected chi connectivity index (χ1v) is 7.00. The lowest BCUT2D eigenvalue weighted by Gasteiger charge is -2.20. The summed E-state index contributed by atoms with van der Waals surface area (Å²) in [6.07, 6.45) is 4.33. The van der Waals surface area contributed by atoms with Gasteiger partial charge in [0.05, 0.1) is 19.1 Å². The van der Waals surface area contributed by atoms with Gasteiger partial charge in [-0.2, -0.15) is 5.26 Å². The highest BCUT2D eigenvalue weighted by molar-refractivity contribution is 5.92. The molecule has 21 heavy (non-hydrogen) atoms. The fourth-order valence-electron chi connectivity index (χ4n) is 1.97. The molecule has 0 saturated heterocycles. The zero-order valence-corrected chi connectivity index (χ0v) is 11.7. The molecule has 0 radical (unpaired) electrons. The Morgan fingerprint density at radius 2 is 2.24 bits per heavy atom. The number of pyridine rings is 1. The average Bonchev–Trinajstić information content (AvgIpc) is 3.33. The summed E-state index contributed by atoms with van der Waals surface area (Å²) in [6.45, 7) is 0.492. The van der Waals surface area contributed by atoms with E-state index in [1.807, 2.05) is 0 Å². The summed E-state index contributed by atoms with van der Waals surface area (Å²) in [5.41, 5.74) is 1.10. The van der Waals surface area contributed by atoms with Crippen molar-refractivity contribution >= 4 is 5.91 Å². The molecule has 1 heterocycles. The Morgan fingerprint density at radius 3 is 2.81 bits per heavy atom. The van der Waals surface area contributed by atoms with Crippen LogP contribution in [0.3, 0.4) is 0 Å². The number of amides is 1. The van der Waals surface area contributed by atoms with E-state index in [4.69, 9.17) is 10.4 Å². The Labute approximate surface area is 124 Å². The molecule has 0 aromatic carbocycles. The highest BCUT2D eigenvalue weighted by Crippen LogP contribution is 2.28. The van der Waals surface area contributed by atoms with Gasteiger partial charge < -0.3 is 10.0 Å². The van der Waals surface area contributed by atoms with E-state index in [2.05, 4.69) is 22.9 Å². The Balaban J connectivity index is 2.05. The SMILES string of the molecule is N#CCCN(C(=O)c1ccc(C#CCCO)cn1)C1CC1. The molecule has 0 spiro atoms. The monoisotopic (exact) mass is 283 g/mol. The predicted octanol–water partition coefficient (Wildman–Crippen LogP) is 1.33. The summed E-state index contributed by atoms with van der Waals surface area (Å²) >= 11 is 0. The number of carbonyl (C=O) groups is 1. The van der Waals surface area contributed by atoms with Crippen LogP contribution < -0.4 is 0 Å². The normalized spacial score (nSPS) is 13.0. The number of aliphatic hydroxyl groups excluding tert-OH is 1. The Morgan fingerprint density at radius 1 is 1.43 bits per heavy atom. The minimum Gasteiger partial charge on any atom is -0.395 e. The third kappa shape index (κ3) is 4.30. The molecular formula is C16H17N3O2. The van der Waals surface area contributed by atoms with Crippen molar-refractivity contribution < 1.29 is 9.90 Å². The largest absolute Gasteiger partial charge is 0.395 e. The van der Waals surface area contributed by atoms with Crippen LogP contribution in [-0.2, 0) is 0 Å². The number of rotatable bonds is 5. The third-order valence-electron chi connectivity index (χ3n) is 3.17. The van der Waals surface area contributed by atoms with Gasteiger partial charge in [-0.1, -0.05) is 11.8 Å². The number of aromatic nitrogens is 1. The molecule has 1 aromatic rings. The van der Waals surface area contributed by atoms with Crippen molar-refractivity contribution in [2.24, 2.45) is 0 Å². The molecule has 1 fully saturated rings. The molecule has 0 aliphatic heterocycles. The summed E-state index contributed by atoms with van der Waals surface area (Å²) in [5.74, 6) is 5.55. The Kier molecular flexibility index (Phi) is 5.31. The van der Waals surface area contributed by atoms with E-state index in [1.54, 1.807) is 23.2 Å². The van der Waals surface area contributed by atoms with Gasteiger partial charge in [0.25, 0.3) is 5.91 Å². The maximum Gasteiger partial charge on any atom is 0.272 e. The minimum absolute atomic E-state index is 0.0340. The number of aliphatic hydroxyl groups is 1. The molecule has 1 amide bonds. The van der Waals surface area contributed by atoms with E-state index in [-0.39, 0.29) is 18.6 Å². The van der Waals surface area contributed by atoms with Gasteiger partial charge in [-0.05, 0) is 25.0 Å². The minimum atomic E-state index is -0.123. The lowest BCUT2D eigenvalue weighted by Crippen LogP contribution is -2.34. The highest BCUT2D eigenvalue weighted by atomic mass is 16.2. The van der Waals surface area contributed by atoms with Gasteiger partial charge in [-0.25, -0.2) is 4.98 Å². The molecule has 2 rings (SSSR count). The quantitative estimate of drug-likeness (QED) is 0.827. The number of nitrogens with zero attached hydrogens (tertiary/aromatic N) is 3. The van der Waals surface area contributed by atoms with Gasteiger partial charge in [0.1, 0.15) is 5.69 Å². The lowest BCUT2D eigenvalue weighted by molar-refractivity contribution is 0.0741. The van der Waals surface area contributed by atoms with Crippen molar-refractivity contribution in [2.45, 2.75) is 31.7 Å². The maximum atomic E-state index is 12.4. The number of hydrogen-bond acceptors (Lipinski definition) is 4. The number of hydrogen-bond donors (Lipinski definition) is 1. The molecule has 1 N–H and O–H groups in total. The van der Waals surface area contributed by atoms with Crippen LogP contribution in [0.1, 0.15) is 41.7 Å². The van der Waals surface area contributed by atoms with Gasteiger partial charge in [0.15, 0.2) is 0 Å². The molecule has 1 aliphatic carbocycles. The zero-order valence-electron chi connectivity index (χ0n) is 11.7. The van der Waals surface area contributed by atoms with Crippen molar-refractivity contribution in [1.82, 2.24) is 9.88 Å². The molecule has 1 saturated carbocycles. The second-order valence-corrected chi connectivity index (χ2v) is 4.85. The molecule has 1 aromatic heterocycles. The summed E-state index contributed by atoms with van der Waals surface area (Å²) in [4.78, 5) is 18.3. The number of carbonyl (C=O) groups excluding carboxylic acids is 1. The van der Waals surface area contributed by atoms with Gasteiger partial charge in [-0.15, -0.1) is 0 Å². The smallest absolute Gasteiger partial charge is 0.272 e. The number of nitriles is 1. The predicted molar refractivity (Wildman–Crippen MR) is 77.1 cm³/mol. The van der Waals surface area contributed by atoms with Crippen LogP contribution in [0.15, 0.2) is 18.3 Å². The second-order valence-electron chi connectivity index (χ2n) is 4.85. The first-order valence-electron chi connectivity index (χ1n) is 7.00. The second kappa shape index (κ2) is 7.42. The third-order valence-corrected chi connectivity index (χ3v) is 3.17. The standard InChI is InChI=1S/C16H17N3O2/c17-9-3-10-19(14-6-7-14)16(21)15-8-5-13(12-18-15)4-1-2-11-20/h5,8,12,14,20H,2-3,6-7,10-11H2. The van der Waals surface area contributed by atoms with Gasteiger partial charge in [0.2, 0.25) is 0 Å². The Bertz CT molecular complexity index is 589. The first-order chi connectivity index (χ1) is 10.3. The topological polar surface area (TPSA) is 77.2 Å². The lowest BCUT2D eigenvalue weighted by atomic mass is 10.2. The fraction of sp³-hybridized carbons (Fsp3) is 0.438. The summed E-state index contributed by atoms with van der Waals surface area (Å²) in [6, 6.07) is 5.74. The van der Waals surface area contributed by atoms with E-state index >= 15 is 0 Å². The van der Waals surface area contributed by atoms with E-state index < -0.39 is 0 Å². The molecule has 1 aliphatic rings. The molecule has 5 nitrogen and oxygen atoms in total. The first kappa shape index (κ1) is 15.0. The van der Waals surface area contributed by atoms with E-state index in [0.717, 1.165) is 18.4 Å². The van der Waals surface area contributed by atoms with Crippen molar-refractivity contribution in [2.75, 3.05) is 13.2 Å². The maximum absolute atomic E-state index is 12.4. The molecular weight excluding hydrogens is 266 g/mol. The molecule has 5 heteroatoms.